The van der Waals surface area contributed by atoms with Gasteiger partial charge in [0.25, 0.3) is 0 Å². The van der Waals surface area contributed by atoms with Gasteiger partial charge in [0.15, 0.2) is 0 Å². The van der Waals surface area contributed by atoms with Crippen molar-refractivity contribution in [1.82, 2.24) is 15.3 Å². The lowest BCUT2D eigenvalue weighted by molar-refractivity contribution is -0.125. The van der Waals surface area contributed by atoms with Crippen molar-refractivity contribution in [2.45, 2.75) is 58.4 Å². The normalized spacial score (nSPS) is 25.8. The minimum atomic E-state index is 0.0283. The minimum absolute atomic E-state index is 0.0283. The summed E-state index contributed by atoms with van der Waals surface area (Å²) in [5.74, 6) is 1.20. The number of fused-ring (bicyclic) bond motifs is 1. The Morgan fingerprint density at radius 3 is 2.73 bits per heavy atom. The fourth-order valence-electron chi connectivity index (χ4n) is 4.56. The second-order valence-corrected chi connectivity index (χ2v) is 8.76. The Bertz CT molecular complexity index is 664. The Hall–Kier alpha value is -1.69. The Balaban J connectivity index is 1.56. The molecule has 1 amide bonds. The van der Waals surface area contributed by atoms with Crippen LogP contribution in [0.3, 0.4) is 0 Å². The highest BCUT2D eigenvalue weighted by Gasteiger charge is 2.36. The minimum Gasteiger partial charge on any atom is -0.378 e. The van der Waals surface area contributed by atoms with Gasteiger partial charge in [-0.2, -0.15) is 0 Å². The molecule has 3 aliphatic rings. The summed E-state index contributed by atoms with van der Waals surface area (Å²) in [5.41, 5.74) is 2.32. The highest BCUT2D eigenvalue weighted by Crippen LogP contribution is 2.40. The molecule has 6 heteroatoms. The number of carbonyl (C=O) groups excluding carboxylic acids is 1. The van der Waals surface area contributed by atoms with Crippen LogP contribution >= 0.6 is 0 Å². The topological polar surface area (TPSA) is 67.3 Å². The van der Waals surface area contributed by atoms with Gasteiger partial charge in [0.1, 0.15) is 0 Å². The molecule has 2 fully saturated rings. The Morgan fingerprint density at radius 1 is 1.27 bits per heavy atom. The first kappa shape index (κ1) is 17.7. The number of rotatable bonds is 3. The van der Waals surface area contributed by atoms with Gasteiger partial charge in [-0.3, -0.25) is 4.79 Å². The number of hydrogen-bond acceptors (Lipinski definition) is 5. The van der Waals surface area contributed by atoms with E-state index in [1.54, 1.807) is 0 Å². The molecular weight excluding hydrogens is 328 g/mol. The first-order chi connectivity index (χ1) is 12.5. The summed E-state index contributed by atoms with van der Waals surface area (Å²) in [6, 6.07) is 0.0283. The van der Waals surface area contributed by atoms with Gasteiger partial charge in [0.2, 0.25) is 11.9 Å². The zero-order valence-electron chi connectivity index (χ0n) is 16.0. The van der Waals surface area contributed by atoms with Crippen LogP contribution in [0.25, 0.3) is 0 Å². The third kappa shape index (κ3) is 3.70. The van der Waals surface area contributed by atoms with Crippen LogP contribution in [0.15, 0.2) is 6.20 Å². The van der Waals surface area contributed by atoms with Gasteiger partial charge in [-0.05, 0) is 31.1 Å². The molecule has 1 atom stereocenters. The number of aromatic nitrogens is 2. The summed E-state index contributed by atoms with van der Waals surface area (Å²) in [7, 11) is 0. The van der Waals surface area contributed by atoms with Crippen molar-refractivity contribution >= 4 is 11.9 Å². The molecule has 1 aromatic heterocycles. The summed E-state index contributed by atoms with van der Waals surface area (Å²) in [6.45, 7) is 7.66. The average molecular weight is 358 g/mol. The number of carbonyl (C=O) groups is 1. The molecule has 1 aromatic rings. The van der Waals surface area contributed by atoms with E-state index < -0.39 is 0 Å². The van der Waals surface area contributed by atoms with Gasteiger partial charge >= 0.3 is 0 Å². The highest BCUT2D eigenvalue weighted by molar-refractivity contribution is 5.79. The molecule has 0 spiro atoms. The van der Waals surface area contributed by atoms with Crippen molar-refractivity contribution in [2.24, 2.45) is 11.3 Å². The lowest BCUT2D eigenvalue weighted by Gasteiger charge is -2.37. The van der Waals surface area contributed by atoms with Gasteiger partial charge in [-0.25, -0.2) is 9.97 Å². The van der Waals surface area contributed by atoms with Gasteiger partial charge in [-0.15, -0.1) is 0 Å². The van der Waals surface area contributed by atoms with Crippen molar-refractivity contribution < 1.29 is 9.53 Å². The predicted molar refractivity (Wildman–Crippen MR) is 100 cm³/mol. The van der Waals surface area contributed by atoms with Gasteiger partial charge in [-0.1, -0.05) is 26.7 Å². The highest BCUT2D eigenvalue weighted by atomic mass is 16.5. The standard InChI is InChI=1S/C20H30N4O2/c1-20(2)11-16(22-18(25)14-5-3-4-6-14)15-13-21-19(23-17(15)12-20)24-7-9-26-10-8-24/h13-14,16H,3-12H2,1-2H3,(H,22,25). The maximum atomic E-state index is 12.7. The van der Waals surface area contributed by atoms with E-state index in [9.17, 15) is 4.79 Å². The largest absolute Gasteiger partial charge is 0.378 e. The molecule has 2 heterocycles. The molecule has 0 aromatic carbocycles. The SMILES string of the molecule is CC1(C)Cc2nc(N3CCOCC3)ncc2C(NC(=O)C2CCCC2)C1. The van der Waals surface area contributed by atoms with Crippen LogP contribution < -0.4 is 10.2 Å². The van der Waals surface area contributed by atoms with E-state index in [4.69, 9.17) is 9.72 Å². The number of morpholine rings is 1. The van der Waals surface area contributed by atoms with Crippen LogP contribution in [0.5, 0.6) is 0 Å². The maximum Gasteiger partial charge on any atom is 0.225 e. The van der Waals surface area contributed by atoms with Crippen molar-refractivity contribution in [3.05, 3.63) is 17.5 Å². The number of ether oxygens (including phenoxy) is 1. The molecule has 1 N–H and O–H groups in total. The molecule has 0 radical (unpaired) electrons. The first-order valence-corrected chi connectivity index (χ1v) is 10.0. The van der Waals surface area contributed by atoms with Gasteiger partial charge in [0.05, 0.1) is 24.9 Å². The molecule has 26 heavy (non-hydrogen) atoms. The summed E-state index contributed by atoms with van der Waals surface area (Å²) in [4.78, 5) is 24.4. The van der Waals surface area contributed by atoms with Crippen LogP contribution in [0.1, 0.15) is 63.3 Å². The third-order valence-electron chi connectivity index (χ3n) is 6.00. The molecule has 0 bridgehead atoms. The molecule has 1 saturated carbocycles. The third-order valence-corrected chi connectivity index (χ3v) is 6.00. The summed E-state index contributed by atoms with van der Waals surface area (Å²) in [6.07, 6.45) is 8.23. The van der Waals surface area contributed by atoms with Crippen LogP contribution in [0.4, 0.5) is 5.95 Å². The van der Waals surface area contributed by atoms with E-state index >= 15 is 0 Å². The van der Waals surface area contributed by atoms with E-state index in [0.29, 0.717) is 0 Å². The van der Waals surface area contributed by atoms with Gasteiger partial charge in [0, 0.05) is 30.8 Å². The Kier molecular flexibility index (Phi) is 4.86. The number of nitrogens with one attached hydrogen (secondary N) is 1. The molecule has 1 saturated heterocycles. The van der Waals surface area contributed by atoms with Crippen LogP contribution in [0.2, 0.25) is 0 Å². The van der Waals surface area contributed by atoms with Crippen LogP contribution in [-0.2, 0) is 16.0 Å². The number of amides is 1. The zero-order valence-corrected chi connectivity index (χ0v) is 16.0. The Morgan fingerprint density at radius 2 is 2.00 bits per heavy atom. The molecule has 6 nitrogen and oxygen atoms in total. The lowest BCUT2D eigenvalue weighted by Crippen LogP contribution is -2.40. The maximum absolute atomic E-state index is 12.7. The van der Waals surface area contributed by atoms with Crippen LogP contribution in [-0.4, -0.2) is 42.2 Å². The Labute approximate surface area is 155 Å². The van der Waals surface area contributed by atoms with Gasteiger partial charge < -0.3 is 15.0 Å². The van der Waals surface area contributed by atoms with E-state index in [2.05, 4.69) is 29.0 Å². The molecule has 4 rings (SSSR count). The molecular formula is C20H30N4O2. The van der Waals surface area contributed by atoms with E-state index in [1.165, 1.54) is 12.8 Å². The number of anilines is 1. The molecule has 1 unspecified atom stereocenters. The predicted octanol–water partition coefficient (Wildman–Crippen LogP) is 2.63. The lowest BCUT2D eigenvalue weighted by atomic mass is 9.74. The molecule has 2 aliphatic carbocycles. The monoisotopic (exact) mass is 358 g/mol. The molecule has 1 aliphatic heterocycles. The second-order valence-electron chi connectivity index (χ2n) is 8.76. The first-order valence-electron chi connectivity index (χ1n) is 10.0. The van der Waals surface area contributed by atoms with E-state index in [-0.39, 0.29) is 23.3 Å². The number of hydrogen-bond donors (Lipinski definition) is 1. The van der Waals surface area contributed by atoms with Crippen molar-refractivity contribution in [2.75, 3.05) is 31.2 Å². The van der Waals surface area contributed by atoms with Crippen LogP contribution in [0, 0.1) is 11.3 Å². The smallest absolute Gasteiger partial charge is 0.225 e. The van der Waals surface area contributed by atoms with E-state index in [1.807, 2.05) is 6.20 Å². The zero-order chi connectivity index (χ0) is 18.1. The summed E-state index contributed by atoms with van der Waals surface area (Å²) in [5, 5.41) is 3.32. The fraction of sp³-hybridized carbons (Fsp3) is 0.750. The average Bonchev–Trinajstić information content (AvgIpc) is 3.16. The van der Waals surface area contributed by atoms with Crippen molar-refractivity contribution in [1.29, 1.82) is 0 Å². The quantitative estimate of drug-likeness (QED) is 0.900. The number of nitrogens with zero attached hydrogens (tertiary/aromatic N) is 3. The van der Waals surface area contributed by atoms with Crippen molar-refractivity contribution in [3.63, 3.8) is 0 Å². The second kappa shape index (κ2) is 7.14. The van der Waals surface area contributed by atoms with E-state index in [0.717, 1.165) is 69.2 Å². The summed E-state index contributed by atoms with van der Waals surface area (Å²) >= 11 is 0. The van der Waals surface area contributed by atoms with Crippen molar-refractivity contribution in [3.8, 4) is 0 Å². The fourth-order valence-corrected chi connectivity index (χ4v) is 4.56. The summed E-state index contributed by atoms with van der Waals surface area (Å²) < 4.78 is 5.43. The molecule has 142 valence electrons.